The Morgan fingerprint density at radius 1 is 1.25 bits per heavy atom. The fraction of sp³-hybridized carbons (Fsp3) is 0.467. The molecule has 0 aromatic heterocycles. The predicted octanol–water partition coefficient (Wildman–Crippen LogP) is 1.66. The van der Waals surface area contributed by atoms with Crippen LogP contribution < -0.4 is 4.74 Å². The van der Waals surface area contributed by atoms with Gasteiger partial charge < -0.3 is 14.7 Å². The summed E-state index contributed by atoms with van der Waals surface area (Å²) in [6, 6.07) is 7.80. The Morgan fingerprint density at radius 2 is 1.85 bits per heavy atom. The number of carboxylic acid groups (broad SMARTS) is 1. The molecular weight excluding hydrogens is 258 g/mol. The molecule has 1 N–H and O–H groups in total. The normalized spacial score (nSPS) is 15.7. The maximum atomic E-state index is 11.2. The first-order valence-corrected chi connectivity index (χ1v) is 6.57. The smallest absolute Gasteiger partial charge is 0.394 e. The highest BCUT2D eigenvalue weighted by atomic mass is 16.5. The van der Waals surface area contributed by atoms with E-state index < -0.39 is 11.9 Å². The summed E-state index contributed by atoms with van der Waals surface area (Å²) in [4.78, 5) is 23.0. The van der Waals surface area contributed by atoms with Gasteiger partial charge in [0.2, 0.25) is 0 Å². The zero-order valence-electron chi connectivity index (χ0n) is 11.9. The molecule has 1 aromatic rings. The van der Waals surface area contributed by atoms with Crippen LogP contribution >= 0.6 is 0 Å². The van der Waals surface area contributed by atoms with Gasteiger partial charge in [0.15, 0.2) is 0 Å². The van der Waals surface area contributed by atoms with Crippen LogP contribution in [0.4, 0.5) is 0 Å². The third-order valence-electron chi connectivity index (χ3n) is 3.31. The Labute approximate surface area is 118 Å². The number of benzene rings is 1. The molecule has 0 bridgehead atoms. The average Bonchev–Trinajstić information content (AvgIpc) is 2.31. The highest BCUT2D eigenvalue weighted by molar-refractivity contribution is 6.31. The summed E-state index contributed by atoms with van der Waals surface area (Å²) in [6.45, 7) is 6.97. The standard InChI is InChI=1S/C15H19NO4/c1-15(2,3)11-6-4-5-7-12(11)20-10-8-16(9-10)13(17)14(18)19/h4-7,10H,8-9H2,1-3H3,(H,18,19). The van der Waals surface area contributed by atoms with Gasteiger partial charge in [0.05, 0.1) is 13.1 Å². The molecule has 0 aliphatic carbocycles. The Bertz CT molecular complexity index is 527. The van der Waals surface area contributed by atoms with Crippen molar-refractivity contribution in [2.24, 2.45) is 0 Å². The molecule has 1 fully saturated rings. The van der Waals surface area contributed by atoms with Crippen LogP contribution in [-0.2, 0) is 15.0 Å². The molecule has 1 saturated heterocycles. The number of carbonyl (C=O) groups excluding carboxylic acids is 1. The summed E-state index contributed by atoms with van der Waals surface area (Å²) in [5.41, 5.74) is 1.07. The van der Waals surface area contributed by atoms with Crippen LogP contribution in [0.2, 0.25) is 0 Å². The van der Waals surface area contributed by atoms with Crippen molar-refractivity contribution in [2.75, 3.05) is 13.1 Å². The molecule has 0 spiro atoms. The highest BCUT2D eigenvalue weighted by Gasteiger charge is 2.36. The fourth-order valence-electron chi connectivity index (χ4n) is 2.18. The van der Waals surface area contributed by atoms with Crippen LogP contribution in [0.5, 0.6) is 5.75 Å². The number of rotatable bonds is 2. The lowest BCUT2D eigenvalue weighted by molar-refractivity contribution is -0.160. The minimum Gasteiger partial charge on any atom is -0.486 e. The van der Waals surface area contributed by atoms with E-state index in [1.54, 1.807) is 0 Å². The van der Waals surface area contributed by atoms with Crippen LogP contribution in [0.1, 0.15) is 26.3 Å². The number of nitrogens with zero attached hydrogens (tertiary/aromatic N) is 1. The first-order chi connectivity index (χ1) is 9.29. The van der Waals surface area contributed by atoms with Crippen molar-refractivity contribution in [2.45, 2.75) is 32.3 Å². The number of aliphatic carboxylic acids is 1. The summed E-state index contributed by atoms with van der Waals surface area (Å²) in [5, 5.41) is 8.61. The molecule has 0 unspecified atom stereocenters. The Hall–Kier alpha value is -2.04. The monoisotopic (exact) mass is 277 g/mol. The molecular formula is C15H19NO4. The molecule has 20 heavy (non-hydrogen) atoms. The fourth-order valence-corrected chi connectivity index (χ4v) is 2.18. The van der Waals surface area contributed by atoms with Crippen molar-refractivity contribution in [1.82, 2.24) is 4.90 Å². The second-order valence-electron chi connectivity index (χ2n) is 6.00. The van der Waals surface area contributed by atoms with E-state index in [-0.39, 0.29) is 11.5 Å². The molecule has 5 heteroatoms. The maximum absolute atomic E-state index is 11.2. The lowest BCUT2D eigenvalue weighted by Gasteiger charge is -2.38. The van der Waals surface area contributed by atoms with Crippen LogP contribution in [0.25, 0.3) is 0 Å². The largest absolute Gasteiger partial charge is 0.486 e. The molecule has 5 nitrogen and oxygen atoms in total. The molecule has 2 rings (SSSR count). The Balaban J connectivity index is 2.00. The topological polar surface area (TPSA) is 66.8 Å². The summed E-state index contributed by atoms with van der Waals surface area (Å²) < 4.78 is 5.88. The second-order valence-corrected chi connectivity index (χ2v) is 6.00. The van der Waals surface area contributed by atoms with Crippen molar-refractivity contribution in [1.29, 1.82) is 0 Å². The van der Waals surface area contributed by atoms with Gasteiger partial charge in [0.1, 0.15) is 11.9 Å². The molecule has 0 saturated carbocycles. The van der Waals surface area contributed by atoms with E-state index in [1.807, 2.05) is 24.3 Å². The number of hydrogen-bond acceptors (Lipinski definition) is 3. The van der Waals surface area contributed by atoms with Crippen molar-refractivity contribution in [3.8, 4) is 5.75 Å². The van der Waals surface area contributed by atoms with E-state index in [1.165, 1.54) is 4.90 Å². The van der Waals surface area contributed by atoms with Crippen molar-refractivity contribution in [3.05, 3.63) is 29.8 Å². The Kier molecular flexibility index (Phi) is 3.70. The molecule has 1 heterocycles. The van der Waals surface area contributed by atoms with Gasteiger partial charge >= 0.3 is 11.9 Å². The van der Waals surface area contributed by atoms with Gasteiger partial charge in [-0.3, -0.25) is 4.79 Å². The summed E-state index contributed by atoms with van der Waals surface area (Å²) in [6.07, 6.45) is -0.137. The first-order valence-electron chi connectivity index (χ1n) is 6.57. The molecule has 1 aromatic carbocycles. The number of carboxylic acids is 1. The summed E-state index contributed by atoms with van der Waals surface area (Å²) in [7, 11) is 0. The number of hydrogen-bond donors (Lipinski definition) is 1. The van der Waals surface area contributed by atoms with Crippen LogP contribution in [0.15, 0.2) is 24.3 Å². The molecule has 0 atom stereocenters. The van der Waals surface area contributed by atoms with E-state index in [2.05, 4.69) is 20.8 Å². The van der Waals surface area contributed by atoms with E-state index >= 15 is 0 Å². The van der Waals surface area contributed by atoms with Crippen molar-refractivity contribution < 1.29 is 19.4 Å². The lowest BCUT2D eigenvalue weighted by Crippen LogP contribution is -2.57. The van der Waals surface area contributed by atoms with Gasteiger partial charge in [-0.05, 0) is 17.0 Å². The maximum Gasteiger partial charge on any atom is 0.394 e. The van der Waals surface area contributed by atoms with E-state index in [9.17, 15) is 9.59 Å². The minimum absolute atomic E-state index is 0.0308. The van der Waals surface area contributed by atoms with Crippen LogP contribution in [0.3, 0.4) is 0 Å². The second kappa shape index (κ2) is 5.15. The van der Waals surface area contributed by atoms with Crippen LogP contribution in [0, 0.1) is 0 Å². The van der Waals surface area contributed by atoms with E-state index in [0.717, 1.165) is 11.3 Å². The van der Waals surface area contributed by atoms with Crippen molar-refractivity contribution in [3.63, 3.8) is 0 Å². The first kappa shape index (κ1) is 14.4. The number of carbonyl (C=O) groups is 2. The lowest BCUT2D eigenvalue weighted by atomic mass is 9.86. The van der Waals surface area contributed by atoms with Gasteiger partial charge in [-0.25, -0.2) is 4.79 Å². The number of amides is 1. The van der Waals surface area contributed by atoms with Crippen LogP contribution in [-0.4, -0.2) is 41.1 Å². The van der Waals surface area contributed by atoms with E-state index in [4.69, 9.17) is 9.84 Å². The quantitative estimate of drug-likeness (QED) is 0.835. The zero-order chi connectivity index (χ0) is 14.9. The average molecular weight is 277 g/mol. The predicted molar refractivity (Wildman–Crippen MR) is 73.8 cm³/mol. The molecule has 1 aliphatic rings. The number of para-hydroxylation sites is 1. The molecule has 0 radical (unpaired) electrons. The van der Waals surface area contributed by atoms with Gasteiger partial charge in [-0.15, -0.1) is 0 Å². The van der Waals surface area contributed by atoms with Gasteiger partial charge in [0, 0.05) is 0 Å². The minimum atomic E-state index is -1.42. The molecule has 108 valence electrons. The Morgan fingerprint density at radius 3 is 2.40 bits per heavy atom. The van der Waals surface area contributed by atoms with Gasteiger partial charge in [-0.1, -0.05) is 39.0 Å². The zero-order valence-corrected chi connectivity index (χ0v) is 11.9. The van der Waals surface area contributed by atoms with Crippen molar-refractivity contribution >= 4 is 11.9 Å². The van der Waals surface area contributed by atoms with Gasteiger partial charge in [0.25, 0.3) is 0 Å². The SMILES string of the molecule is CC(C)(C)c1ccccc1OC1CN(C(=O)C(=O)O)C1. The number of likely N-dealkylation sites (tertiary alicyclic amines) is 1. The molecule has 1 aliphatic heterocycles. The number of ether oxygens (including phenoxy) is 1. The highest BCUT2D eigenvalue weighted by Crippen LogP contribution is 2.32. The third kappa shape index (κ3) is 2.92. The summed E-state index contributed by atoms with van der Waals surface area (Å²) >= 11 is 0. The third-order valence-corrected chi connectivity index (χ3v) is 3.31. The molecule has 1 amide bonds. The van der Waals surface area contributed by atoms with Gasteiger partial charge in [-0.2, -0.15) is 0 Å². The van der Waals surface area contributed by atoms with E-state index in [0.29, 0.717) is 13.1 Å². The summed E-state index contributed by atoms with van der Waals surface area (Å²) in [5.74, 6) is -1.49.